The summed E-state index contributed by atoms with van der Waals surface area (Å²) in [5.74, 6) is -1.19. The molecule has 1 aliphatic rings. The quantitative estimate of drug-likeness (QED) is 0.913. The zero-order chi connectivity index (χ0) is 15.5. The second-order valence-electron chi connectivity index (χ2n) is 5.77. The van der Waals surface area contributed by atoms with Gasteiger partial charge in [0.1, 0.15) is 5.69 Å². The molecule has 0 aromatic carbocycles. The number of carbonyl (C=O) groups is 2. The molecule has 2 rings (SSSR count). The number of hydrogen-bond acceptors (Lipinski definition) is 4. The van der Waals surface area contributed by atoms with Crippen LogP contribution in [0.3, 0.4) is 0 Å². The summed E-state index contributed by atoms with van der Waals surface area (Å²) in [5.41, 5.74) is 0.491. The van der Waals surface area contributed by atoms with Gasteiger partial charge in [0.2, 0.25) is 0 Å². The van der Waals surface area contributed by atoms with Crippen LogP contribution in [0.15, 0.2) is 18.3 Å². The highest BCUT2D eigenvalue weighted by atomic mass is 16.5. The van der Waals surface area contributed by atoms with Crippen molar-refractivity contribution in [3.05, 3.63) is 29.6 Å². The lowest BCUT2D eigenvalue weighted by atomic mass is 9.81. The van der Waals surface area contributed by atoms with E-state index >= 15 is 0 Å². The number of nitrogens with zero attached hydrogens (tertiary/aromatic N) is 2. The van der Waals surface area contributed by atoms with Crippen molar-refractivity contribution in [2.75, 3.05) is 26.8 Å². The molecule has 0 radical (unpaired) electrons. The van der Waals surface area contributed by atoms with Crippen LogP contribution in [-0.4, -0.2) is 53.7 Å². The maximum absolute atomic E-state index is 12.4. The molecule has 1 N–H and O–H groups in total. The van der Waals surface area contributed by atoms with Crippen LogP contribution in [0, 0.1) is 5.41 Å². The van der Waals surface area contributed by atoms with E-state index in [9.17, 15) is 9.59 Å². The van der Waals surface area contributed by atoms with Crippen LogP contribution in [0.2, 0.25) is 0 Å². The van der Waals surface area contributed by atoms with Gasteiger partial charge in [0.25, 0.3) is 5.91 Å². The van der Waals surface area contributed by atoms with Gasteiger partial charge < -0.3 is 14.7 Å². The van der Waals surface area contributed by atoms with E-state index in [0.717, 1.165) is 12.8 Å². The third-order valence-electron chi connectivity index (χ3n) is 3.98. The third kappa shape index (κ3) is 3.58. The molecule has 1 fully saturated rings. The average molecular weight is 292 g/mol. The van der Waals surface area contributed by atoms with Crippen LogP contribution in [0.5, 0.6) is 0 Å². The summed E-state index contributed by atoms with van der Waals surface area (Å²) in [7, 11) is 1.69. The lowest BCUT2D eigenvalue weighted by Gasteiger charge is -2.38. The molecule has 0 atom stereocenters. The predicted octanol–water partition coefficient (Wildman–Crippen LogP) is 1.67. The van der Waals surface area contributed by atoms with Crippen molar-refractivity contribution >= 4 is 11.9 Å². The molecule has 0 aliphatic carbocycles. The topological polar surface area (TPSA) is 79.7 Å². The van der Waals surface area contributed by atoms with E-state index in [1.807, 2.05) is 0 Å². The normalized spacial score (nSPS) is 17.5. The number of methoxy groups -OCH3 is 1. The lowest BCUT2D eigenvalue weighted by molar-refractivity contribution is 0.0301. The predicted molar refractivity (Wildman–Crippen MR) is 76.3 cm³/mol. The Hall–Kier alpha value is -1.95. The number of rotatable bonds is 4. The Labute approximate surface area is 123 Å². The Bertz CT molecular complexity index is 519. The van der Waals surface area contributed by atoms with E-state index in [-0.39, 0.29) is 17.0 Å². The van der Waals surface area contributed by atoms with Crippen molar-refractivity contribution in [3.63, 3.8) is 0 Å². The Morgan fingerprint density at radius 2 is 2.05 bits per heavy atom. The largest absolute Gasteiger partial charge is 0.477 e. The number of carboxylic acids is 1. The van der Waals surface area contributed by atoms with E-state index in [1.165, 1.54) is 18.3 Å². The average Bonchev–Trinajstić information content (AvgIpc) is 2.47. The van der Waals surface area contributed by atoms with Crippen molar-refractivity contribution in [3.8, 4) is 0 Å². The van der Waals surface area contributed by atoms with Gasteiger partial charge in [-0.15, -0.1) is 0 Å². The minimum atomic E-state index is -1.10. The van der Waals surface area contributed by atoms with Crippen LogP contribution in [0.1, 0.15) is 40.6 Å². The molecular formula is C15H20N2O4. The second kappa shape index (κ2) is 6.22. The fourth-order valence-corrected chi connectivity index (χ4v) is 2.57. The van der Waals surface area contributed by atoms with E-state index in [2.05, 4.69) is 11.9 Å². The number of aromatic carboxylic acids is 1. The van der Waals surface area contributed by atoms with Crippen molar-refractivity contribution in [2.45, 2.75) is 19.8 Å². The smallest absolute Gasteiger partial charge is 0.354 e. The van der Waals surface area contributed by atoms with Crippen molar-refractivity contribution < 1.29 is 19.4 Å². The first-order chi connectivity index (χ1) is 9.95. The maximum Gasteiger partial charge on any atom is 0.354 e. The summed E-state index contributed by atoms with van der Waals surface area (Å²) < 4.78 is 5.23. The van der Waals surface area contributed by atoms with Crippen molar-refractivity contribution in [2.24, 2.45) is 5.41 Å². The van der Waals surface area contributed by atoms with Crippen LogP contribution in [-0.2, 0) is 4.74 Å². The highest BCUT2D eigenvalue weighted by molar-refractivity contribution is 5.95. The number of pyridine rings is 1. The van der Waals surface area contributed by atoms with Crippen LogP contribution < -0.4 is 0 Å². The van der Waals surface area contributed by atoms with Gasteiger partial charge in [-0.3, -0.25) is 4.79 Å². The molecule has 6 heteroatoms. The number of amides is 1. The summed E-state index contributed by atoms with van der Waals surface area (Å²) >= 11 is 0. The minimum absolute atomic E-state index is 0.0575. The van der Waals surface area contributed by atoms with Gasteiger partial charge >= 0.3 is 5.97 Å². The number of carboxylic acid groups (broad SMARTS) is 1. The summed E-state index contributed by atoms with van der Waals surface area (Å²) in [5, 5.41) is 8.80. The van der Waals surface area contributed by atoms with Gasteiger partial charge in [0.15, 0.2) is 0 Å². The maximum atomic E-state index is 12.4. The van der Waals surface area contributed by atoms with E-state index in [4.69, 9.17) is 9.84 Å². The molecule has 1 aromatic rings. The molecule has 1 aliphatic heterocycles. The zero-order valence-electron chi connectivity index (χ0n) is 12.3. The van der Waals surface area contributed by atoms with Gasteiger partial charge in [-0.05, 0) is 30.4 Å². The van der Waals surface area contributed by atoms with E-state index in [0.29, 0.717) is 25.3 Å². The molecular weight excluding hydrogens is 272 g/mol. The standard InChI is InChI=1S/C15H20N2O4/c1-15(10-21-2)5-7-17(8-6-15)13(18)11-3-4-12(14(19)20)16-9-11/h3-4,9H,5-8,10H2,1-2H3,(H,19,20). The highest BCUT2D eigenvalue weighted by Gasteiger charge is 2.32. The van der Waals surface area contributed by atoms with Crippen LogP contribution >= 0.6 is 0 Å². The Morgan fingerprint density at radius 1 is 1.38 bits per heavy atom. The SMILES string of the molecule is COCC1(C)CCN(C(=O)c2ccc(C(=O)O)nc2)CC1. The number of aromatic nitrogens is 1. The summed E-state index contributed by atoms with van der Waals surface area (Å²) in [6.07, 6.45) is 3.12. The molecule has 0 saturated carbocycles. The van der Waals surface area contributed by atoms with Gasteiger partial charge in [-0.1, -0.05) is 6.92 Å². The Kier molecular flexibility index (Phi) is 4.57. The van der Waals surface area contributed by atoms with Crippen LogP contribution in [0.4, 0.5) is 0 Å². The number of piperidine rings is 1. The van der Waals surface area contributed by atoms with Crippen molar-refractivity contribution in [1.82, 2.24) is 9.88 Å². The second-order valence-corrected chi connectivity index (χ2v) is 5.77. The number of likely N-dealkylation sites (tertiary alicyclic amines) is 1. The minimum Gasteiger partial charge on any atom is -0.477 e. The summed E-state index contributed by atoms with van der Waals surface area (Å²) in [6, 6.07) is 2.87. The number of hydrogen-bond donors (Lipinski definition) is 1. The summed E-state index contributed by atoms with van der Waals surface area (Å²) in [4.78, 5) is 28.7. The molecule has 6 nitrogen and oxygen atoms in total. The Morgan fingerprint density at radius 3 is 2.52 bits per heavy atom. The Balaban J connectivity index is 2.00. The van der Waals surface area contributed by atoms with E-state index < -0.39 is 5.97 Å². The summed E-state index contributed by atoms with van der Waals surface area (Å²) in [6.45, 7) is 4.23. The monoisotopic (exact) mass is 292 g/mol. The zero-order valence-corrected chi connectivity index (χ0v) is 12.3. The first kappa shape index (κ1) is 15.4. The van der Waals surface area contributed by atoms with Gasteiger partial charge in [-0.25, -0.2) is 9.78 Å². The molecule has 1 amide bonds. The lowest BCUT2D eigenvalue weighted by Crippen LogP contribution is -2.43. The molecule has 1 saturated heterocycles. The number of carbonyl (C=O) groups excluding carboxylic acids is 1. The first-order valence-electron chi connectivity index (χ1n) is 6.93. The fraction of sp³-hybridized carbons (Fsp3) is 0.533. The molecule has 114 valence electrons. The molecule has 0 spiro atoms. The third-order valence-corrected chi connectivity index (χ3v) is 3.98. The molecule has 0 unspecified atom stereocenters. The molecule has 0 bridgehead atoms. The molecule has 2 heterocycles. The molecule has 1 aromatic heterocycles. The molecule has 21 heavy (non-hydrogen) atoms. The van der Waals surface area contributed by atoms with Crippen molar-refractivity contribution in [1.29, 1.82) is 0 Å². The van der Waals surface area contributed by atoms with Gasteiger partial charge in [-0.2, -0.15) is 0 Å². The number of ether oxygens (including phenoxy) is 1. The van der Waals surface area contributed by atoms with Gasteiger partial charge in [0, 0.05) is 26.4 Å². The highest BCUT2D eigenvalue weighted by Crippen LogP contribution is 2.31. The first-order valence-corrected chi connectivity index (χ1v) is 6.93. The van der Waals surface area contributed by atoms with E-state index in [1.54, 1.807) is 12.0 Å². The fourth-order valence-electron chi connectivity index (χ4n) is 2.57. The van der Waals surface area contributed by atoms with Crippen LogP contribution in [0.25, 0.3) is 0 Å². The van der Waals surface area contributed by atoms with Gasteiger partial charge in [0.05, 0.1) is 12.2 Å².